The molecule has 0 saturated heterocycles. The highest BCUT2D eigenvalue weighted by Gasteiger charge is 2.14. The summed E-state index contributed by atoms with van der Waals surface area (Å²) in [6, 6.07) is 21.4. The minimum absolute atomic E-state index is 0.115. The van der Waals surface area contributed by atoms with E-state index in [1.165, 1.54) is 12.3 Å². The maximum Gasteiger partial charge on any atom is 0.250 e. The first-order chi connectivity index (χ1) is 19.4. The zero-order chi connectivity index (χ0) is 28.1. The van der Waals surface area contributed by atoms with E-state index in [-0.39, 0.29) is 12.4 Å². The largest absolute Gasteiger partial charge is 0.490 e. The fourth-order valence-corrected chi connectivity index (χ4v) is 4.64. The zero-order valence-corrected chi connectivity index (χ0v) is 22.1. The minimum atomic E-state index is -0.702. The van der Waals surface area contributed by atoms with Crippen molar-refractivity contribution in [3.63, 3.8) is 0 Å². The molecule has 9 heteroatoms. The molecule has 2 heterocycles. The van der Waals surface area contributed by atoms with Crippen LogP contribution in [0.3, 0.4) is 0 Å². The number of hydrogen-bond donors (Lipinski definition) is 4. The second-order valence-electron chi connectivity index (χ2n) is 9.89. The van der Waals surface area contributed by atoms with Gasteiger partial charge in [0.05, 0.1) is 16.6 Å². The molecule has 2 atom stereocenters. The molecule has 0 saturated carbocycles. The van der Waals surface area contributed by atoms with Gasteiger partial charge in [0.25, 0.3) is 0 Å². The van der Waals surface area contributed by atoms with Crippen molar-refractivity contribution in [2.45, 2.75) is 19.4 Å². The van der Waals surface area contributed by atoms with Gasteiger partial charge >= 0.3 is 0 Å². The second kappa shape index (κ2) is 12.1. The predicted octanol–water partition coefficient (Wildman–Crippen LogP) is 4.95. The van der Waals surface area contributed by atoms with Crippen LogP contribution in [0.4, 0.5) is 4.39 Å². The number of aliphatic hydroxyl groups excluding tert-OH is 1. The number of carbonyl (C=O) groups excluding carboxylic acids is 1. The van der Waals surface area contributed by atoms with Gasteiger partial charge in [0, 0.05) is 29.6 Å². The average Bonchev–Trinajstić information content (AvgIpc) is 3.34. The third-order valence-corrected chi connectivity index (χ3v) is 6.62. The molecule has 8 nitrogen and oxygen atoms in total. The molecule has 2 unspecified atom stereocenters. The molecule has 5 rings (SSSR count). The van der Waals surface area contributed by atoms with Gasteiger partial charge in [-0.25, -0.2) is 9.37 Å². The van der Waals surface area contributed by atoms with Crippen molar-refractivity contribution in [3.05, 3.63) is 95.9 Å². The van der Waals surface area contributed by atoms with E-state index in [2.05, 4.69) is 22.2 Å². The maximum absolute atomic E-state index is 14.2. The molecular weight excluding hydrogens is 511 g/mol. The van der Waals surface area contributed by atoms with E-state index in [0.29, 0.717) is 40.9 Å². The average molecular weight is 543 g/mol. The Morgan fingerprint density at radius 2 is 1.88 bits per heavy atom. The zero-order valence-electron chi connectivity index (χ0n) is 22.1. The summed E-state index contributed by atoms with van der Waals surface area (Å²) in [6.07, 6.45) is 1.53. The summed E-state index contributed by atoms with van der Waals surface area (Å²) in [4.78, 5) is 18.4. The van der Waals surface area contributed by atoms with Crippen LogP contribution in [-0.4, -0.2) is 46.8 Å². The van der Waals surface area contributed by atoms with Gasteiger partial charge in [-0.15, -0.1) is 0 Å². The summed E-state index contributed by atoms with van der Waals surface area (Å²) in [5, 5.41) is 15.4. The third-order valence-electron chi connectivity index (χ3n) is 6.62. The van der Waals surface area contributed by atoms with Crippen LogP contribution in [-0.2, 0) is 6.42 Å². The number of pyridine rings is 1. The molecule has 0 spiro atoms. The molecule has 40 heavy (non-hydrogen) atoms. The Kier molecular flexibility index (Phi) is 8.23. The number of aromatic amines is 1. The minimum Gasteiger partial charge on any atom is -0.490 e. The lowest BCUT2D eigenvalue weighted by atomic mass is 10.0. The van der Waals surface area contributed by atoms with E-state index in [9.17, 15) is 14.3 Å². The number of benzene rings is 3. The first-order valence-electron chi connectivity index (χ1n) is 13.1. The highest BCUT2D eigenvalue weighted by molar-refractivity contribution is 6.10. The van der Waals surface area contributed by atoms with E-state index in [4.69, 9.17) is 15.2 Å². The topological polar surface area (TPSA) is 122 Å². The van der Waals surface area contributed by atoms with E-state index in [0.717, 1.165) is 34.8 Å². The Hall–Kier alpha value is -4.47. The molecule has 0 aliphatic carbocycles. The van der Waals surface area contributed by atoms with Gasteiger partial charge in [0.15, 0.2) is 0 Å². The summed E-state index contributed by atoms with van der Waals surface area (Å²) in [5.41, 5.74) is 7.95. The van der Waals surface area contributed by atoms with Crippen LogP contribution in [0.1, 0.15) is 22.8 Å². The Morgan fingerprint density at radius 1 is 1.07 bits per heavy atom. The van der Waals surface area contributed by atoms with Crippen LogP contribution in [0, 0.1) is 11.7 Å². The third kappa shape index (κ3) is 6.39. The molecule has 0 radical (unpaired) electrons. The van der Waals surface area contributed by atoms with Crippen molar-refractivity contribution in [3.8, 4) is 17.4 Å². The monoisotopic (exact) mass is 542 g/mol. The first kappa shape index (κ1) is 27.1. The fourth-order valence-electron chi connectivity index (χ4n) is 4.64. The number of carbonyl (C=O) groups is 1. The number of nitrogens with two attached hydrogens (primary N) is 1. The maximum atomic E-state index is 14.2. The summed E-state index contributed by atoms with van der Waals surface area (Å²) >= 11 is 0. The van der Waals surface area contributed by atoms with Gasteiger partial charge < -0.3 is 30.6 Å². The van der Waals surface area contributed by atoms with Crippen LogP contribution in [0.15, 0.2) is 79.0 Å². The molecule has 5 N–H and O–H groups in total. The van der Waals surface area contributed by atoms with Gasteiger partial charge in [-0.05, 0) is 60.8 Å². The van der Waals surface area contributed by atoms with E-state index in [1.54, 1.807) is 18.2 Å². The number of rotatable bonds is 12. The number of hydrogen-bond acceptors (Lipinski definition) is 6. The molecule has 3 aromatic carbocycles. The lowest BCUT2D eigenvalue weighted by molar-refractivity contribution is 0.0999. The van der Waals surface area contributed by atoms with Crippen molar-refractivity contribution >= 4 is 27.7 Å². The van der Waals surface area contributed by atoms with Crippen LogP contribution in [0.2, 0.25) is 0 Å². The number of ether oxygens (including phenoxy) is 2. The van der Waals surface area contributed by atoms with Crippen LogP contribution in [0.5, 0.6) is 17.4 Å². The van der Waals surface area contributed by atoms with E-state index < -0.39 is 12.0 Å². The Balaban J connectivity index is 1.07. The van der Waals surface area contributed by atoms with E-state index in [1.807, 2.05) is 48.5 Å². The lowest BCUT2D eigenvalue weighted by Crippen LogP contribution is -2.34. The van der Waals surface area contributed by atoms with Crippen molar-refractivity contribution in [2.24, 2.45) is 11.7 Å². The van der Waals surface area contributed by atoms with Gasteiger partial charge in [-0.1, -0.05) is 37.3 Å². The number of para-hydroxylation sites is 1. The Labute approximate surface area is 230 Å². The lowest BCUT2D eigenvalue weighted by Gasteiger charge is -2.17. The summed E-state index contributed by atoms with van der Waals surface area (Å²) in [6.45, 7) is 3.37. The molecule has 0 aliphatic rings. The number of aliphatic hydroxyl groups is 1. The van der Waals surface area contributed by atoms with Crippen LogP contribution >= 0.6 is 0 Å². The molecule has 206 valence electrons. The highest BCUT2D eigenvalue weighted by atomic mass is 19.1. The van der Waals surface area contributed by atoms with Crippen molar-refractivity contribution in [2.75, 3.05) is 19.7 Å². The molecule has 5 aromatic rings. The van der Waals surface area contributed by atoms with Gasteiger partial charge in [0.2, 0.25) is 11.8 Å². The Morgan fingerprint density at radius 3 is 2.62 bits per heavy atom. The number of primary amides is 1. The Bertz CT molecular complexity index is 1600. The quantitative estimate of drug-likeness (QED) is 0.177. The number of aromatic nitrogens is 2. The molecule has 0 fully saturated rings. The fraction of sp³-hybridized carbons (Fsp3) is 0.226. The highest BCUT2D eigenvalue weighted by Crippen LogP contribution is 2.34. The molecule has 1 amide bonds. The second-order valence-corrected chi connectivity index (χ2v) is 9.89. The number of nitrogens with one attached hydrogen (secondary N) is 2. The number of fused-ring (bicyclic) bond motifs is 3. The van der Waals surface area contributed by atoms with Gasteiger partial charge in [-0.3, -0.25) is 4.79 Å². The number of nitrogens with zero attached hydrogens (tertiary/aromatic N) is 1. The van der Waals surface area contributed by atoms with Crippen molar-refractivity contribution in [1.82, 2.24) is 15.3 Å². The standard InChI is InChI=1S/C31H31FN4O4/c1-19(14-20-8-11-23(12-9-20)40-28-13-10-21(16-35-28)31(33)38)15-34-17-22(37)18-39-27-7-3-6-26-29(27)24-4-2-5-25(32)30(24)36-26/h2-13,16,19,22,34,36-37H,14-15,17-18H2,1H3,(H2,33,38). The SMILES string of the molecule is CC(CNCC(O)COc1cccc2[nH]c3c(F)cccc3c12)Cc1ccc(Oc2ccc(C(N)=O)cn2)cc1. The smallest absolute Gasteiger partial charge is 0.250 e. The van der Waals surface area contributed by atoms with Crippen LogP contribution in [0.25, 0.3) is 21.8 Å². The number of amides is 1. The summed E-state index contributed by atoms with van der Waals surface area (Å²) in [5.74, 6) is 1.11. The summed E-state index contributed by atoms with van der Waals surface area (Å²) in [7, 11) is 0. The molecule has 2 aromatic heterocycles. The first-order valence-corrected chi connectivity index (χ1v) is 13.1. The molecular formula is C31H31FN4O4. The molecule has 0 bridgehead atoms. The van der Waals surface area contributed by atoms with E-state index >= 15 is 0 Å². The summed E-state index contributed by atoms with van der Waals surface area (Å²) < 4.78 is 25.9. The van der Waals surface area contributed by atoms with Crippen LogP contribution < -0.4 is 20.5 Å². The van der Waals surface area contributed by atoms with Crippen molar-refractivity contribution < 1.29 is 23.8 Å². The number of halogens is 1. The predicted molar refractivity (Wildman–Crippen MR) is 152 cm³/mol. The molecule has 0 aliphatic heterocycles. The van der Waals surface area contributed by atoms with Gasteiger partial charge in [0.1, 0.15) is 30.0 Å². The van der Waals surface area contributed by atoms with Gasteiger partial charge in [-0.2, -0.15) is 0 Å². The van der Waals surface area contributed by atoms with Crippen molar-refractivity contribution in [1.29, 1.82) is 0 Å². The normalized spacial score (nSPS) is 12.9. The number of H-pyrrole nitrogens is 1.